The number of hydrogen-bond donors (Lipinski definition) is 1. The molecule has 0 spiro atoms. The van der Waals surface area contributed by atoms with Crippen LogP contribution in [0, 0.1) is 11.3 Å². The van der Waals surface area contributed by atoms with Crippen molar-refractivity contribution in [1.82, 2.24) is 9.97 Å². The number of aromatic amines is 1. The molecule has 10 heavy (non-hydrogen) atoms. The molecule has 0 aliphatic rings. The molecule has 3 heteroatoms. The highest BCUT2D eigenvalue weighted by molar-refractivity contribution is 4.87. The van der Waals surface area contributed by atoms with Gasteiger partial charge in [-0.2, -0.15) is 5.26 Å². The van der Waals surface area contributed by atoms with Crippen molar-refractivity contribution in [3.05, 3.63) is 18.2 Å². The quantitative estimate of drug-likeness (QED) is 0.634. The summed E-state index contributed by atoms with van der Waals surface area (Å²) in [6.45, 7) is 0. The van der Waals surface area contributed by atoms with Crippen LogP contribution in [0.5, 0.6) is 0 Å². The average molecular weight is 135 g/mol. The molecule has 0 radical (unpaired) electrons. The van der Waals surface area contributed by atoms with Crippen molar-refractivity contribution in [3.8, 4) is 6.07 Å². The summed E-state index contributed by atoms with van der Waals surface area (Å²) >= 11 is 0. The summed E-state index contributed by atoms with van der Waals surface area (Å²) in [7, 11) is 0. The van der Waals surface area contributed by atoms with Crippen LogP contribution in [-0.2, 0) is 6.42 Å². The molecule has 0 bridgehead atoms. The highest BCUT2D eigenvalue weighted by Crippen LogP contribution is 1.96. The first kappa shape index (κ1) is 6.81. The second kappa shape index (κ2) is 3.67. The van der Waals surface area contributed by atoms with Gasteiger partial charge in [-0.15, -0.1) is 0 Å². The Bertz CT molecular complexity index is 207. The zero-order valence-electron chi connectivity index (χ0n) is 5.67. The summed E-state index contributed by atoms with van der Waals surface area (Å²) in [5, 5.41) is 8.21. The topological polar surface area (TPSA) is 52.5 Å². The number of nitrogens with one attached hydrogen (secondary N) is 1. The van der Waals surface area contributed by atoms with Gasteiger partial charge in [0.05, 0.1) is 6.07 Å². The van der Waals surface area contributed by atoms with Gasteiger partial charge in [0, 0.05) is 25.2 Å². The van der Waals surface area contributed by atoms with Crippen LogP contribution in [0.15, 0.2) is 12.4 Å². The van der Waals surface area contributed by atoms with Gasteiger partial charge >= 0.3 is 0 Å². The molecule has 0 aliphatic heterocycles. The number of aryl methyl sites for hydroxylation is 1. The van der Waals surface area contributed by atoms with Gasteiger partial charge in [-0.1, -0.05) is 0 Å². The number of imidazole rings is 1. The fourth-order valence-corrected chi connectivity index (χ4v) is 0.770. The lowest BCUT2D eigenvalue weighted by atomic mass is 10.2. The van der Waals surface area contributed by atoms with Crippen LogP contribution in [0.4, 0.5) is 0 Å². The number of unbranched alkanes of at least 4 members (excludes halogenated alkanes) is 1. The van der Waals surface area contributed by atoms with E-state index in [0.717, 1.165) is 18.7 Å². The number of nitriles is 1. The Balaban J connectivity index is 2.23. The zero-order chi connectivity index (χ0) is 7.23. The predicted octanol–water partition coefficient (Wildman–Crippen LogP) is 1.26. The van der Waals surface area contributed by atoms with E-state index < -0.39 is 0 Å². The van der Waals surface area contributed by atoms with Gasteiger partial charge in [0.15, 0.2) is 0 Å². The summed E-state index contributed by atoms with van der Waals surface area (Å²) in [6, 6.07) is 2.09. The largest absolute Gasteiger partial charge is 0.349 e. The molecule has 0 fully saturated rings. The van der Waals surface area contributed by atoms with E-state index in [1.807, 2.05) is 0 Å². The molecule has 52 valence electrons. The molecule has 0 atom stereocenters. The SMILES string of the molecule is N#CCCCc1ncc[nH]1. The summed E-state index contributed by atoms with van der Waals surface area (Å²) in [6.07, 6.45) is 5.90. The van der Waals surface area contributed by atoms with Gasteiger partial charge in [0.25, 0.3) is 0 Å². The molecule has 1 heterocycles. The lowest BCUT2D eigenvalue weighted by molar-refractivity contribution is 0.805. The molecule has 1 rings (SSSR count). The van der Waals surface area contributed by atoms with E-state index in [1.165, 1.54) is 0 Å². The Kier molecular flexibility index (Phi) is 2.50. The molecule has 0 aromatic carbocycles. The highest BCUT2D eigenvalue weighted by atomic mass is 14.9. The summed E-state index contributed by atoms with van der Waals surface area (Å²) in [5.74, 6) is 0.968. The maximum Gasteiger partial charge on any atom is 0.106 e. The maximum atomic E-state index is 8.21. The normalized spacial score (nSPS) is 9.10. The number of rotatable bonds is 3. The second-order valence-corrected chi connectivity index (χ2v) is 2.05. The monoisotopic (exact) mass is 135 g/mol. The number of nitrogens with zero attached hydrogens (tertiary/aromatic N) is 2. The average Bonchev–Trinajstić information content (AvgIpc) is 2.41. The maximum absolute atomic E-state index is 8.21. The molecule has 0 unspecified atom stereocenters. The Hall–Kier alpha value is -1.30. The van der Waals surface area contributed by atoms with Gasteiger partial charge < -0.3 is 4.98 Å². The standard InChI is InChI=1S/C7H9N3/c8-4-2-1-3-7-9-5-6-10-7/h5-6H,1-3H2,(H,9,10). The summed E-state index contributed by atoms with van der Waals surface area (Å²) in [5.41, 5.74) is 0. The van der Waals surface area contributed by atoms with Crippen molar-refractivity contribution >= 4 is 0 Å². The first-order valence-corrected chi connectivity index (χ1v) is 3.28. The van der Waals surface area contributed by atoms with Crippen molar-refractivity contribution < 1.29 is 0 Å². The molecule has 0 saturated carbocycles. The minimum absolute atomic E-state index is 0.612. The summed E-state index contributed by atoms with van der Waals surface area (Å²) in [4.78, 5) is 7.00. The molecule has 1 aromatic heterocycles. The lowest BCUT2D eigenvalue weighted by Crippen LogP contribution is -1.86. The third kappa shape index (κ3) is 1.90. The van der Waals surface area contributed by atoms with E-state index in [-0.39, 0.29) is 0 Å². The smallest absolute Gasteiger partial charge is 0.106 e. The molecular weight excluding hydrogens is 126 g/mol. The molecular formula is C7H9N3. The molecule has 1 N–H and O–H groups in total. The first-order valence-electron chi connectivity index (χ1n) is 3.28. The number of H-pyrrole nitrogens is 1. The Morgan fingerprint density at radius 1 is 1.70 bits per heavy atom. The lowest BCUT2D eigenvalue weighted by Gasteiger charge is -1.89. The van der Waals surface area contributed by atoms with E-state index >= 15 is 0 Å². The van der Waals surface area contributed by atoms with Crippen LogP contribution in [0.25, 0.3) is 0 Å². The van der Waals surface area contributed by atoms with Crippen LogP contribution >= 0.6 is 0 Å². The molecule has 0 aliphatic carbocycles. The van der Waals surface area contributed by atoms with Crippen molar-refractivity contribution in [3.63, 3.8) is 0 Å². The van der Waals surface area contributed by atoms with Crippen LogP contribution < -0.4 is 0 Å². The Morgan fingerprint density at radius 2 is 2.60 bits per heavy atom. The fraction of sp³-hybridized carbons (Fsp3) is 0.429. The third-order valence-corrected chi connectivity index (χ3v) is 1.26. The molecule has 0 saturated heterocycles. The third-order valence-electron chi connectivity index (χ3n) is 1.26. The van der Waals surface area contributed by atoms with E-state index in [9.17, 15) is 0 Å². The van der Waals surface area contributed by atoms with Crippen LogP contribution in [0.3, 0.4) is 0 Å². The first-order chi connectivity index (χ1) is 4.93. The van der Waals surface area contributed by atoms with Gasteiger partial charge in [-0.25, -0.2) is 4.98 Å². The van der Waals surface area contributed by atoms with Gasteiger partial charge in [0.1, 0.15) is 5.82 Å². The van der Waals surface area contributed by atoms with Crippen molar-refractivity contribution in [1.29, 1.82) is 5.26 Å². The van der Waals surface area contributed by atoms with E-state index in [2.05, 4.69) is 16.0 Å². The number of hydrogen-bond acceptors (Lipinski definition) is 2. The molecule has 1 aromatic rings. The van der Waals surface area contributed by atoms with Crippen molar-refractivity contribution in [2.75, 3.05) is 0 Å². The van der Waals surface area contributed by atoms with E-state index in [0.29, 0.717) is 6.42 Å². The Morgan fingerprint density at radius 3 is 3.20 bits per heavy atom. The van der Waals surface area contributed by atoms with Crippen LogP contribution in [0.1, 0.15) is 18.7 Å². The fourth-order valence-electron chi connectivity index (χ4n) is 0.770. The minimum atomic E-state index is 0.612. The minimum Gasteiger partial charge on any atom is -0.349 e. The highest BCUT2D eigenvalue weighted by Gasteiger charge is 1.92. The van der Waals surface area contributed by atoms with Crippen LogP contribution in [0.2, 0.25) is 0 Å². The zero-order valence-corrected chi connectivity index (χ0v) is 5.67. The number of aromatic nitrogens is 2. The van der Waals surface area contributed by atoms with Gasteiger partial charge in [-0.05, 0) is 6.42 Å². The van der Waals surface area contributed by atoms with Gasteiger partial charge in [-0.3, -0.25) is 0 Å². The summed E-state index contributed by atoms with van der Waals surface area (Å²) < 4.78 is 0. The Labute approximate surface area is 59.7 Å². The molecule has 0 amide bonds. The van der Waals surface area contributed by atoms with Crippen molar-refractivity contribution in [2.24, 2.45) is 0 Å². The predicted molar refractivity (Wildman–Crippen MR) is 37.1 cm³/mol. The second-order valence-electron chi connectivity index (χ2n) is 2.05. The van der Waals surface area contributed by atoms with E-state index in [1.54, 1.807) is 12.4 Å². The van der Waals surface area contributed by atoms with E-state index in [4.69, 9.17) is 5.26 Å². The van der Waals surface area contributed by atoms with Crippen LogP contribution in [-0.4, -0.2) is 9.97 Å². The van der Waals surface area contributed by atoms with Crippen molar-refractivity contribution in [2.45, 2.75) is 19.3 Å². The molecule has 3 nitrogen and oxygen atoms in total. The van der Waals surface area contributed by atoms with Gasteiger partial charge in [0.2, 0.25) is 0 Å².